The highest BCUT2D eigenvalue weighted by Gasteiger charge is 2.27. The predicted molar refractivity (Wildman–Crippen MR) is 89.5 cm³/mol. The number of carboxylic acids is 1. The van der Waals surface area contributed by atoms with Gasteiger partial charge in [-0.25, -0.2) is 4.79 Å². The summed E-state index contributed by atoms with van der Waals surface area (Å²) in [5.74, 6) is -1.45. The van der Waals surface area contributed by atoms with Crippen molar-refractivity contribution in [1.82, 2.24) is 9.80 Å². The summed E-state index contributed by atoms with van der Waals surface area (Å²) >= 11 is 1.40. The number of thiophene rings is 1. The molecule has 2 heterocycles. The maximum absolute atomic E-state index is 12.6. The predicted octanol–water partition coefficient (Wildman–Crippen LogP) is 2.04. The van der Waals surface area contributed by atoms with Gasteiger partial charge < -0.3 is 14.9 Å². The first-order valence-corrected chi connectivity index (χ1v) is 8.40. The van der Waals surface area contributed by atoms with Gasteiger partial charge in [-0.3, -0.25) is 9.59 Å². The maximum Gasteiger partial charge on any atom is 0.336 e. The molecule has 3 rings (SSSR count). The van der Waals surface area contributed by atoms with Crippen molar-refractivity contribution in [2.24, 2.45) is 0 Å². The van der Waals surface area contributed by atoms with Gasteiger partial charge in [0.2, 0.25) is 0 Å². The summed E-state index contributed by atoms with van der Waals surface area (Å²) < 4.78 is 0. The van der Waals surface area contributed by atoms with Gasteiger partial charge in [0.25, 0.3) is 11.8 Å². The summed E-state index contributed by atoms with van der Waals surface area (Å²) in [6.45, 7) is 1.67. The maximum atomic E-state index is 12.6. The van der Waals surface area contributed by atoms with E-state index in [4.69, 9.17) is 0 Å². The largest absolute Gasteiger partial charge is 0.478 e. The van der Waals surface area contributed by atoms with Crippen molar-refractivity contribution in [3.8, 4) is 0 Å². The third kappa shape index (κ3) is 3.16. The number of rotatable bonds is 3. The van der Waals surface area contributed by atoms with E-state index in [1.54, 1.807) is 28.0 Å². The number of hydrogen-bond acceptors (Lipinski definition) is 4. The van der Waals surface area contributed by atoms with Crippen LogP contribution in [-0.2, 0) is 0 Å². The molecule has 6 nitrogen and oxygen atoms in total. The van der Waals surface area contributed by atoms with Crippen LogP contribution in [0.4, 0.5) is 0 Å². The van der Waals surface area contributed by atoms with Gasteiger partial charge in [0.05, 0.1) is 16.0 Å². The molecule has 0 atom stereocenters. The summed E-state index contributed by atoms with van der Waals surface area (Å²) in [6, 6.07) is 9.81. The van der Waals surface area contributed by atoms with E-state index < -0.39 is 5.97 Å². The first-order valence-electron chi connectivity index (χ1n) is 7.52. The molecule has 0 unspecified atom stereocenters. The summed E-state index contributed by atoms with van der Waals surface area (Å²) in [6.07, 6.45) is 0. The number of carbonyl (C=O) groups excluding carboxylic acids is 2. The van der Waals surface area contributed by atoms with Crippen molar-refractivity contribution in [2.75, 3.05) is 26.2 Å². The van der Waals surface area contributed by atoms with Gasteiger partial charge in [0.15, 0.2) is 0 Å². The average Bonchev–Trinajstić information content (AvgIpc) is 3.15. The molecule has 0 saturated carbocycles. The fourth-order valence-corrected chi connectivity index (χ4v) is 3.39. The number of carbonyl (C=O) groups is 3. The topological polar surface area (TPSA) is 77.9 Å². The zero-order chi connectivity index (χ0) is 17.1. The molecule has 0 radical (unpaired) electrons. The number of benzene rings is 1. The fourth-order valence-electron chi connectivity index (χ4n) is 2.70. The number of aromatic carboxylic acids is 1. The summed E-state index contributed by atoms with van der Waals surface area (Å²) in [5.41, 5.74) is 0.183. The van der Waals surface area contributed by atoms with Gasteiger partial charge in [-0.1, -0.05) is 18.2 Å². The quantitative estimate of drug-likeness (QED) is 0.924. The lowest BCUT2D eigenvalue weighted by Gasteiger charge is -2.34. The van der Waals surface area contributed by atoms with Crippen LogP contribution in [0, 0.1) is 0 Å². The van der Waals surface area contributed by atoms with E-state index in [-0.39, 0.29) is 22.9 Å². The van der Waals surface area contributed by atoms with E-state index in [1.165, 1.54) is 23.5 Å². The lowest BCUT2D eigenvalue weighted by Crippen LogP contribution is -2.50. The molecule has 124 valence electrons. The van der Waals surface area contributed by atoms with E-state index in [2.05, 4.69) is 0 Å². The van der Waals surface area contributed by atoms with Crippen molar-refractivity contribution in [2.45, 2.75) is 0 Å². The Kier molecular flexibility index (Phi) is 4.61. The average molecular weight is 344 g/mol. The molecule has 1 aliphatic heterocycles. The Balaban J connectivity index is 1.68. The standard InChI is InChI=1S/C17H16N2O4S/c20-15(12-4-1-2-5-13(12)17(22)23)18-7-9-19(10-8-18)16(21)14-6-3-11-24-14/h1-6,11H,7-10H2,(H,22,23). The van der Waals surface area contributed by atoms with Gasteiger partial charge in [0.1, 0.15) is 0 Å². The number of piperazine rings is 1. The van der Waals surface area contributed by atoms with E-state index in [0.29, 0.717) is 31.1 Å². The zero-order valence-corrected chi connectivity index (χ0v) is 13.7. The van der Waals surface area contributed by atoms with Crippen LogP contribution in [0.25, 0.3) is 0 Å². The van der Waals surface area contributed by atoms with Crippen LogP contribution < -0.4 is 0 Å². The van der Waals surface area contributed by atoms with Crippen LogP contribution in [0.1, 0.15) is 30.4 Å². The second-order valence-corrected chi connectivity index (χ2v) is 6.36. The Bertz CT molecular complexity index is 765. The zero-order valence-electron chi connectivity index (χ0n) is 12.8. The highest BCUT2D eigenvalue weighted by atomic mass is 32.1. The number of hydrogen-bond donors (Lipinski definition) is 1. The van der Waals surface area contributed by atoms with E-state index in [9.17, 15) is 19.5 Å². The third-order valence-corrected chi connectivity index (χ3v) is 4.83. The minimum atomic E-state index is -1.12. The van der Waals surface area contributed by atoms with Crippen LogP contribution in [0.5, 0.6) is 0 Å². The monoisotopic (exact) mass is 344 g/mol. The van der Waals surface area contributed by atoms with Crippen LogP contribution >= 0.6 is 11.3 Å². The SMILES string of the molecule is O=C(O)c1ccccc1C(=O)N1CCN(C(=O)c2cccs2)CC1. The molecule has 0 spiro atoms. The van der Waals surface area contributed by atoms with E-state index >= 15 is 0 Å². The summed E-state index contributed by atoms with van der Waals surface area (Å²) in [5, 5.41) is 11.1. The van der Waals surface area contributed by atoms with Crippen molar-refractivity contribution in [1.29, 1.82) is 0 Å². The lowest BCUT2D eigenvalue weighted by molar-refractivity contribution is 0.0534. The molecule has 1 aromatic carbocycles. The van der Waals surface area contributed by atoms with Crippen LogP contribution in [0.3, 0.4) is 0 Å². The van der Waals surface area contributed by atoms with Gasteiger partial charge in [-0.05, 0) is 23.6 Å². The van der Waals surface area contributed by atoms with Crippen molar-refractivity contribution >= 4 is 29.1 Å². The van der Waals surface area contributed by atoms with Crippen LogP contribution in [-0.4, -0.2) is 58.9 Å². The van der Waals surface area contributed by atoms with Crippen LogP contribution in [0.15, 0.2) is 41.8 Å². The minimum absolute atomic E-state index is 0.000378. The Morgan fingerprint density at radius 2 is 1.42 bits per heavy atom. The minimum Gasteiger partial charge on any atom is -0.478 e. The molecule has 0 aliphatic carbocycles. The molecule has 1 aromatic heterocycles. The summed E-state index contributed by atoms with van der Waals surface area (Å²) in [4.78, 5) is 40.2. The highest BCUT2D eigenvalue weighted by molar-refractivity contribution is 7.12. The van der Waals surface area contributed by atoms with Crippen LogP contribution in [0.2, 0.25) is 0 Å². The van der Waals surface area contributed by atoms with Gasteiger partial charge in [0, 0.05) is 26.2 Å². The normalized spacial score (nSPS) is 14.5. The van der Waals surface area contributed by atoms with Gasteiger partial charge >= 0.3 is 5.97 Å². The van der Waals surface area contributed by atoms with Crippen molar-refractivity contribution < 1.29 is 19.5 Å². The first-order chi connectivity index (χ1) is 11.6. The van der Waals surface area contributed by atoms with E-state index in [1.807, 2.05) is 11.4 Å². The molecule has 7 heteroatoms. The molecule has 1 fully saturated rings. The molecule has 0 bridgehead atoms. The number of carboxylic acid groups (broad SMARTS) is 1. The fraction of sp³-hybridized carbons (Fsp3) is 0.235. The van der Waals surface area contributed by atoms with Crippen molar-refractivity contribution in [3.63, 3.8) is 0 Å². The second-order valence-electron chi connectivity index (χ2n) is 5.41. The molecule has 1 aliphatic rings. The lowest BCUT2D eigenvalue weighted by atomic mass is 10.1. The Morgan fingerprint density at radius 1 is 0.833 bits per heavy atom. The molecule has 2 aromatic rings. The van der Waals surface area contributed by atoms with Gasteiger partial charge in [-0.15, -0.1) is 11.3 Å². The van der Waals surface area contributed by atoms with Gasteiger partial charge in [-0.2, -0.15) is 0 Å². The molecular weight excluding hydrogens is 328 g/mol. The van der Waals surface area contributed by atoms with E-state index in [0.717, 1.165) is 0 Å². The molecular formula is C17H16N2O4S. The smallest absolute Gasteiger partial charge is 0.336 e. The Morgan fingerprint density at radius 3 is 1.96 bits per heavy atom. The first kappa shape index (κ1) is 16.2. The highest BCUT2D eigenvalue weighted by Crippen LogP contribution is 2.16. The Labute approximate surface area is 142 Å². The molecule has 2 amide bonds. The third-order valence-electron chi connectivity index (χ3n) is 3.97. The molecule has 1 saturated heterocycles. The summed E-state index contributed by atoms with van der Waals surface area (Å²) in [7, 11) is 0. The molecule has 24 heavy (non-hydrogen) atoms. The number of nitrogens with zero attached hydrogens (tertiary/aromatic N) is 2. The second kappa shape index (κ2) is 6.84. The van der Waals surface area contributed by atoms with Crippen molar-refractivity contribution in [3.05, 3.63) is 57.8 Å². The Hall–Kier alpha value is -2.67. The number of amides is 2. The molecule has 1 N–H and O–H groups in total.